The summed E-state index contributed by atoms with van der Waals surface area (Å²) in [5.74, 6) is 1.40. The van der Waals surface area contributed by atoms with Gasteiger partial charge in [-0.05, 0) is 64.5 Å². The number of ether oxygens (including phenoxy) is 3. The number of fused-ring (bicyclic) bond motifs is 2. The van der Waals surface area contributed by atoms with Crippen LogP contribution in [-0.4, -0.2) is 81.5 Å². The Kier molecular flexibility index (Phi) is 7.79. The molecule has 218 valence electrons. The molecule has 41 heavy (non-hydrogen) atoms. The Morgan fingerprint density at radius 3 is 2.59 bits per heavy atom. The minimum absolute atomic E-state index is 0.102. The van der Waals surface area contributed by atoms with Crippen LogP contribution in [0, 0.1) is 0 Å². The van der Waals surface area contributed by atoms with Gasteiger partial charge in [0.2, 0.25) is 5.95 Å². The number of carbonyl (C=O) groups is 1. The summed E-state index contributed by atoms with van der Waals surface area (Å²) in [5.41, 5.74) is 4.18. The second-order valence-corrected chi connectivity index (χ2v) is 12.0. The Hall–Kier alpha value is -3.73. The molecule has 11 heteroatoms. The fraction of sp³-hybridized carbons (Fsp3) is 0.567. The van der Waals surface area contributed by atoms with Crippen molar-refractivity contribution in [1.82, 2.24) is 24.8 Å². The number of morpholine rings is 1. The number of anilines is 2. The first-order chi connectivity index (χ1) is 19.8. The van der Waals surface area contributed by atoms with Crippen LogP contribution in [0.4, 0.5) is 16.4 Å². The molecule has 2 aromatic heterocycles. The maximum Gasteiger partial charge on any atom is 0.410 e. The molecule has 0 spiro atoms. The molecule has 0 atom stereocenters. The SMILES string of the molecule is CC(C)(C)OC(=O)N1CCc2cnc(NC3CCC(Oc4cc(N5CCOCC5)cc5nccnc45)CC3)nc2C1. The summed E-state index contributed by atoms with van der Waals surface area (Å²) in [7, 11) is 0. The van der Waals surface area contributed by atoms with E-state index in [0.29, 0.717) is 19.0 Å². The number of nitrogens with one attached hydrogen (secondary N) is 1. The van der Waals surface area contributed by atoms with Crippen molar-refractivity contribution in [2.45, 2.75) is 77.2 Å². The van der Waals surface area contributed by atoms with Gasteiger partial charge in [-0.15, -0.1) is 0 Å². The summed E-state index contributed by atoms with van der Waals surface area (Å²) in [6.45, 7) is 9.84. The second kappa shape index (κ2) is 11.6. The van der Waals surface area contributed by atoms with Gasteiger partial charge in [0, 0.05) is 56.0 Å². The van der Waals surface area contributed by atoms with Gasteiger partial charge in [0.1, 0.15) is 16.9 Å². The molecule has 1 N–H and O–H groups in total. The number of aromatic nitrogens is 4. The molecule has 0 bridgehead atoms. The minimum atomic E-state index is -0.523. The third-order valence-electron chi connectivity index (χ3n) is 7.80. The Morgan fingerprint density at radius 2 is 1.80 bits per heavy atom. The van der Waals surface area contributed by atoms with Crippen molar-refractivity contribution in [3.8, 4) is 5.75 Å². The van der Waals surface area contributed by atoms with Crippen molar-refractivity contribution in [3.05, 3.63) is 42.0 Å². The monoisotopic (exact) mass is 561 g/mol. The Labute approximate surface area is 240 Å². The first-order valence-corrected chi connectivity index (χ1v) is 14.6. The van der Waals surface area contributed by atoms with Crippen molar-refractivity contribution in [3.63, 3.8) is 0 Å². The summed E-state index contributed by atoms with van der Waals surface area (Å²) < 4.78 is 17.7. The molecule has 2 aliphatic heterocycles. The minimum Gasteiger partial charge on any atom is -0.488 e. The maximum atomic E-state index is 12.6. The lowest BCUT2D eigenvalue weighted by Gasteiger charge is -2.32. The number of amides is 1. The van der Waals surface area contributed by atoms with E-state index in [-0.39, 0.29) is 18.2 Å². The van der Waals surface area contributed by atoms with Gasteiger partial charge in [0.25, 0.3) is 0 Å². The third kappa shape index (κ3) is 6.61. The highest BCUT2D eigenvalue weighted by atomic mass is 16.6. The van der Waals surface area contributed by atoms with Gasteiger partial charge in [-0.3, -0.25) is 4.98 Å². The largest absolute Gasteiger partial charge is 0.488 e. The van der Waals surface area contributed by atoms with Gasteiger partial charge in [-0.25, -0.2) is 19.7 Å². The fourth-order valence-corrected chi connectivity index (χ4v) is 5.66. The van der Waals surface area contributed by atoms with Crippen LogP contribution in [0.2, 0.25) is 0 Å². The lowest BCUT2D eigenvalue weighted by molar-refractivity contribution is 0.0220. The lowest BCUT2D eigenvalue weighted by Crippen LogP contribution is -2.40. The van der Waals surface area contributed by atoms with Crippen molar-refractivity contribution in [2.75, 3.05) is 43.1 Å². The average Bonchev–Trinajstić information content (AvgIpc) is 2.97. The zero-order valence-corrected chi connectivity index (χ0v) is 24.1. The standard InChI is InChI=1S/C30H39N7O4/c1-30(2,3)41-29(38)37-11-8-20-18-33-28(35-25(20)19-37)34-21-4-6-23(7-5-21)40-26-17-22(36-12-14-39-15-13-36)16-24-27(26)32-10-9-31-24/h9-10,16-18,21,23H,4-8,11-15,19H2,1-3H3,(H,33,34,35). The highest BCUT2D eigenvalue weighted by Gasteiger charge is 2.28. The number of benzene rings is 1. The van der Waals surface area contributed by atoms with E-state index < -0.39 is 5.60 Å². The number of carbonyl (C=O) groups excluding carboxylic acids is 1. The molecule has 0 unspecified atom stereocenters. The van der Waals surface area contributed by atoms with Gasteiger partial charge >= 0.3 is 6.09 Å². The Bertz CT molecular complexity index is 1380. The van der Waals surface area contributed by atoms with E-state index in [1.807, 2.05) is 27.0 Å². The van der Waals surface area contributed by atoms with Gasteiger partial charge in [0.05, 0.1) is 37.1 Å². The van der Waals surface area contributed by atoms with Gasteiger partial charge in [-0.2, -0.15) is 0 Å². The predicted molar refractivity (Wildman–Crippen MR) is 155 cm³/mol. The zero-order chi connectivity index (χ0) is 28.4. The number of hydrogen-bond acceptors (Lipinski definition) is 10. The molecule has 1 amide bonds. The molecule has 11 nitrogen and oxygen atoms in total. The first-order valence-electron chi connectivity index (χ1n) is 14.6. The molecule has 2 fully saturated rings. The topological polar surface area (TPSA) is 115 Å². The molecule has 6 rings (SSSR count). The number of rotatable bonds is 5. The summed E-state index contributed by atoms with van der Waals surface area (Å²) in [6.07, 6.45) is 9.58. The molecule has 4 heterocycles. The maximum absolute atomic E-state index is 12.6. The molecule has 0 radical (unpaired) electrons. The normalized spacial score (nSPS) is 21.3. The molecular formula is C30H39N7O4. The molecule has 3 aliphatic rings. The quantitative estimate of drug-likeness (QED) is 0.482. The van der Waals surface area contributed by atoms with Crippen LogP contribution in [0.15, 0.2) is 30.7 Å². The van der Waals surface area contributed by atoms with Gasteiger partial charge < -0.3 is 29.3 Å². The van der Waals surface area contributed by atoms with Crippen LogP contribution in [0.5, 0.6) is 5.75 Å². The van der Waals surface area contributed by atoms with E-state index in [2.05, 4.69) is 37.3 Å². The van der Waals surface area contributed by atoms with E-state index >= 15 is 0 Å². The highest BCUT2D eigenvalue weighted by Crippen LogP contribution is 2.33. The van der Waals surface area contributed by atoms with E-state index in [4.69, 9.17) is 19.2 Å². The van der Waals surface area contributed by atoms with Crippen molar-refractivity contribution in [2.24, 2.45) is 0 Å². The first kappa shape index (κ1) is 27.4. The summed E-state index contributed by atoms with van der Waals surface area (Å²) in [6, 6.07) is 4.45. The number of nitrogens with zero attached hydrogens (tertiary/aromatic N) is 6. The molecule has 1 aliphatic carbocycles. The van der Waals surface area contributed by atoms with Crippen LogP contribution in [0.1, 0.15) is 57.7 Å². The Balaban J connectivity index is 1.07. The lowest BCUT2D eigenvalue weighted by atomic mass is 9.93. The van der Waals surface area contributed by atoms with Crippen LogP contribution in [0.3, 0.4) is 0 Å². The highest BCUT2D eigenvalue weighted by molar-refractivity contribution is 5.85. The third-order valence-corrected chi connectivity index (χ3v) is 7.80. The van der Waals surface area contributed by atoms with E-state index in [1.54, 1.807) is 17.3 Å². The zero-order valence-electron chi connectivity index (χ0n) is 24.1. The molecular weight excluding hydrogens is 522 g/mol. The predicted octanol–water partition coefficient (Wildman–Crippen LogP) is 4.35. The van der Waals surface area contributed by atoms with Crippen LogP contribution < -0.4 is 15.0 Å². The fourth-order valence-electron chi connectivity index (χ4n) is 5.66. The average molecular weight is 562 g/mol. The van der Waals surface area contributed by atoms with Crippen LogP contribution >= 0.6 is 0 Å². The van der Waals surface area contributed by atoms with Gasteiger partial charge in [0.15, 0.2) is 0 Å². The van der Waals surface area contributed by atoms with Crippen molar-refractivity contribution >= 4 is 28.8 Å². The second-order valence-electron chi connectivity index (χ2n) is 12.0. The summed E-state index contributed by atoms with van der Waals surface area (Å²) >= 11 is 0. The molecule has 1 saturated heterocycles. The molecule has 3 aromatic rings. The molecule has 1 aromatic carbocycles. The van der Waals surface area contributed by atoms with E-state index in [0.717, 1.165) is 92.1 Å². The van der Waals surface area contributed by atoms with Crippen LogP contribution in [0.25, 0.3) is 11.0 Å². The van der Waals surface area contributed by atoms with Crippen molar-refractivity contribution < 1.29 is 19.0 Å². The van der Waals surface area contributed by atoms with Crippen molar-refractivity contribution in [1.29, 1.82) is 0 Å². The van der Waals surface area contributed by atoms with Crippen LogP contribution in [-0.2, 0) is 22.4 Å². The summed E-state index contributed by atoms with van der Waals surface area (Å²) in [4.78, 5) is 35.1. The summed E-state index contributed by atoms with van der Waals surface area (Å²) in [5, 5.41) is 3.53. The van der Waals surface area contributed by atoms with E-state index in [9.17, 15) is 4.79 Å². The Morgan fingerprint density at radius 1 is 1.02 bits per heavy atom. The molecule has 1 saturated carbocycles. The number of hydrogen-bond donors (Lipinski definition) is 1. The van der Waals surface area contributed by atoms with Gasteiger partial charge in [-0.1, -0.05) is 0 Å². The van der Waals surface area contributed by atoms with E-state index in [1.165, 1.54) is 0 Å². The smallest absolute Gasteiger partial charge is 0.410 e.